The Kier molecular flexibility index (Phi) is 4.07. The van der Waals surface area contributed by atoms with Crippen molar-refractivity contribution in [2.75, 3.05) is 6.54 Å². The van der Waals surface area contributed by atoms with E-state index in [0.29, 0.717) is 18.7 Å². The number of aliphatic imine (C=N–C) groups is 1. The third kappa shape index (κ3) is 4.59. The van der Waals surface area contributed by atoms with E-state index in [-0.39, 0.29) is 18.2 Å². The highest BCUT2D eigenvalue weighted by Crippen LogP contribution is 2.24. The topological polar surface area (TPSA) is 69.3 Å². The highest BCUT2D eigenvalue weighted by atomic mass is 16.8. The SMILES string of the molecule is CC1CC(C)(C)N=C(CCC[NH+]([O-])O)O1. The molecule has 1 heterocycles. The molecule has 2 unspecified atom stereocenters. The highest BCUT2D eigenvalue weighted by molar-refractivity contribution is 5.77. The van der Waals surface area contributed by atoms with E-state index in [1.54, 1.807) is 0 Å². The summed E-state index contributed by atoms with van der Waals surface area (Å²) in [5.41, 5.74) is -0.0732. The Bertz CT molecular complexity index is 239. The van der Waals surface area contributed by atoms with Gasteiger partial charge in [0.15, 0.2) is 5.90 Å². The molecule has 0 fully saturated rings. The van der Waals surface area contributed by atoms with E-state index in [0.717, 1.165) is 6.42 Å². The molecule has 0 bridgehead atoms. The molecule has 0 aliphatic carbocycles. The molecular weight excluding hydrogens is 196 g/mol. The Balaban J connectivity index is 2.43. The summed E-state index contributed by atoms with van der Waals surface area (Å²) in [5, 5.41) is 18.1. The second kappa shape index (κ2) is 4.92. The normalized spacial score (nSPS) is 26.7. The molecular formula is C10H20N2O3. The zero-order valence-corrected chi connectivity index (χ0v) is 9.62. The lowest BCUT2D eigenvalue weighted by molar-refractivity contribution is -1.05. The maximum Gasteiger partial charge on any atom is 0.184 e. The van der Waals surface area contributed by atoms with E-state index < -0.39 is 5.23 Å². The number of rotatable bonds is 4. The Hall–Kier alpha value is -0.650. The van der Waals surface area contributed by atoms with Crippen molar-refractivity contribution in [2.45, 2.75) is 51.7 Å². The predicted octanol–water partition coefficient (Wildman–Crippen LogP) is 0.524. The number of hydroxylamine groups is 2. The van der Waals surface area contributed by atoms with Crippen LogP contribution in [0.25, 0.3) is 0 Å². The van der Waals surface area contributed by atoms with Gasteiger partial charge in [-0.15, -0.1) is 0 Å². The molecule has 0 amide bonds. The highest BCUT2D eigenvalue weighted by Gasteiger charge is 2.27. The third-order valence-corrected chi connectivity index (χ3v) is 2.33. The first-order valence-electron chi connectivity index (χ1n) is 5.36. The van der Waals surface area contributed by atoms with Gasteiger partial charge in [0.2, 0.25) is 0 Å². The maximum absolute atomic E-state index is 10.4. The Labute approximate surface area is 90.3 Å². The summed E-state index contributed by atoms with van der Waals surface area (Å²) in [5.74, 6) is 0.708. The number of quaternary nitrogens is 1. The van der Waals surface area contributed by atoms with Crippen LogP contribution in [0.1, 0.15) is 40.0 Å². The molecule has 0 spiro atoms. The zero-order chi connectivity index (χ0) is 11.5. The molecule has 2 N–H and O–H groups in total. The predicted molar refractivity (Wildman–Crippen MR) is 56.9 cm³/mol. The van der Waals surface area contributed by atoms with E-state index in [9.17, 15) is 5.21 Å². The van der Waals surface area contributed by atoms with Crippen molar-refractivity contribution in [1.29, 1.82) is 0 Å². The fourth-order valence-electron chi connectivity index (χ4n) is 1.89. The molecule has 1 aliphatic heterocycles. The summed E-state index contributed by atoms with van der Waals surface area (Å²) in [4.78, 5) is 4.46. The van der Waals surface area contributed by atoms with Crippen LogP contribution in [0.4, 0.5) is 0 Å². The average Bonchev–Trinajstić information content (AvgIpc) is 1.98. The van der Waals surface area contributed by atoms with Crippen LogP contribution < -0.4 is 5.23 Å². The molecule has 0 aromatic carbocycles. The molecule has 0 saturated carbocycles. The van der Waals surface area contributed by atoms with Crippen molar-refractivity contribution in [1.82, 2.24) is 0 Å². The van der Waals surface area contributed by atoms with E-state index in [1.807, 2.05) is 6.92 Å². The summed E-state index contributed by atoms with van der Waals surface area (Å²) in [6.07, 6.45) is 2.31. The lowest BCUT2D eigenvalue weighted by Crippen LogP contribution is -3.04. The van der Waals surface area contributed by atoms with Crippen molar-refractivity contribution >= 4 is 5.90 Å². The summed E-state index contributed by atoms with van der Waals surface area (Å²) in [7, 11) is 0. The standard InChI is InChI=1S/C10H20N2O3/c1-8-7-10(2,3)11-9(15-8)5-4-6-12(13)14/h8,12-13H,4-7H2,1-3H3. The Morgan fingerprint density at radius 1 is 1.67 bits per heavy atom. The molecule has 88 valence electrons. The number of nitrogens with zero attached hydrogens (tertiary/aromatic N) is 1. The van der Waals surface area contributed by atoms with Crippen LogP contribution in [0.5, 0.6) is 0 Å². The smallest absolute Gasteiger partial charge is 0.184 e. The maximum atomic E-state index is 10.4. The van der Waals surface area contributed by atoms with Gasteiger partial charge in [0, 0.05) is 19.3 Å². The quantitative estimate of drug-likeness (QED) is 0.673. The van der Waals surface area contributed by atoms with Crippen LogP contribution in [0.2, 0.25) is 0 Å². The van der Waals surface area contributed by atoms with Gasteiger partial charge in [-0.25, -0.2) is 15.4 Å². The first-order valence-corrected chi connectivity index (χ1v) is 5.36. The monoisotopic (exact) mass is 216 g/mol. The van der Waals surface area contributed by atoms with Gasteiger partial charge in [-0.2, -0.15) is 0 Å². The fourth-order valence-corrected chi connectivity index (χ4v) is 1.89. The van der Waals surface area contributed by atoms with Crippen LogP contribution in [-0.4, -0.2) is 29.3 Å². The number of hydrogen-bond donors (Lipinski definition) is 2. The van der Waals surface area contributed by atoms with Crippen LogP contribution in [-0.2, 0) is 4.74 Å². The van der Waals surface area contributed by atoms with Gasteiger partial charge < -0.3 is 9.94 Å². The van der Waals surface area contributed by atoms with E-state index in [1.165, 1.54) is 0 Å². The molecule has 1 aliphatic rings. The first-order chi connectivity index (χ1) is 6.89. The van der Waals surface area contributed by atoms with Gasteiger partial charge >= 0.3 is 0 Å². The Morgan fingerprint density at radius 2 is 2.33 bits per heavy atom. The molecule has 0 radical (unpaired) electrons. The summed E-state index contributed by atoms with van der Waals surface area (Å²) >= 11 is 0. The summed E-state index contributed by atoms with van der Waals surface area (Å²) in [6.45, 7) is 6.34. The molecule has 5 heteroatoms. The first kappa shape index (κ1) is 12.4. The molecule has 0 saturated heterocycles. The van der Waals surface area contributed by atoms with Crippen molar-refractivity contribution in [3.8, 4) is 0 Å². The minimum absolute atomic E-state index is 0.0732. The molecule has 5 nitrogen and oxygen atoms in total. The minimum Gasteiger partial charge on any atom is -0.600 e. The van der Waals surface area contributed by atoms with Gasteiger partial charge in [-0.3, -0.25) is 0 Å². The molecule has 0 aromatic rings. The number of ether oxygens (including phenoxy) is 1. The van der Waals surface area contributed by atoms with Crippen molar-refractivity contribution < 1.29 is 15.2 Å². The van der Waals surface area contributed by atoms with E-state index in [4.69, 9.17) is 9.94 Å². The lowest BCUT2D eigenvalue weighted by Gasteiger charge is -2.31. The molecule has 1 rings (SSSR count). The van der Waals surface area contributed by atoms with Gasteiger partial charge in [-0.05, 0) is 20.8 Å². The summed E-state index contributed by atoms with van der Waals surface area (Å²) < 4.78 is 5.56. The second-order valence-electron chi connectivity index (χ2n) is 4.70. The minimum atomic E-state index is -0.765. The molecule has 2 atom stereocenters. The van der Waals surface area contributed by atoms with Crippen LogP contribution >= 0.6 is 0 Å². The number of nitrogens with one attached hydrogen (secondary N) is 1. The van der Waals surface area contributed by atoms with Gasteiger partial charge in [0.05, 0.1) is 11.6 Å². The lowest BCUT2D eigenvalue weighted by atomic mass is 9.97. The van der Waals surface area contributed by atoms with Gasteiger partial charge in [0.25, 0.3) is 0 Å². The molecule has 15 heavy (non-hydrogen) atoms. The fraction of sp³-hybridized carbons (Fsp3) is 0.900. The van der Waals surface area contributed by atoms with Crippen molar-refractivity contribution in [3.05, 3.63) is 5.21 Å². The largest absolute Gasteiger partial charge is 0.600 e. The van der Waals surface area contributed by atoms with Gasteiger partial charge in [0.1, 0.15) is 6.54 Å². The van der Waals surface area contributed by atoms with Crippen LogP contribution in [0.3, 0.4) is 0 Å². The van der Waals surface area contributed by atoms with E-state index in [2.05, 4.69) is 18.8 Å². The van der Waals surface area contributed by atoms with Gasteiger partial charge in [-0.1, -0.05) is 0 Å². The third-order valence-electron chi connectivity index (χ3n) is 2.33. The van der Waals surface area contributed by atoms with E-state index >= 15 is 0 Å². The second-order valence-corrected chi connectivity index (χ2v) is 4.70. The van der Waals surface area contributed by atoms with Crippen molar-refractivity contribution in [3.63, 3.8) is 0 Å². The number of hydrogen-bond acceptors (Lipinski definition) is 4. The van der Waals surface area contributed by atoms with Crippen LogP contribution in [0.15, 0.2) is 4.99 Å². The molecule has 0 aromatic heterocycles. The van der Waals surface area contributed by atoms with Crippen LogP contribution in [0, 0.1) is 5.21 Å². The Morgan fingerprint density at radius 3 is 2.87 bits per heavy atom. The van der Waals surface area contributed by atoms with Crippen molar-refractivity contribution in [2.24, 2.45) is 4.99 Å². The zero-order valence-electron chi connectivity index (χ0n) is 9.62. The summed E-state index contributed by atoms with van der Waals surface area (Å²) in [6, 6.07) is 0. The average molecular weight is 216 g/mol.